The van der Waals surface area contributed by atoms with E-state index in [0.717, 1.165) is 25.0 Å². The number of nitrogens with zero attached hydrogens (tertiary/aromatic N) is 2. The van der Waals surface area contributed by atoms with Gasteiger partial charge in [-0.15, -0.1) is 0 Å². The third-order valence-corrected chi connectivity index (χ3v) is 3.60. The predicted molar refractivity (Wildman–Crippen MR) is 77.2 cm³/mol. The number of aromatic nitrogens is 1. The Morgan fingerprint density at radius 1 is 1.60 bits per heavy atom. The van der Waals surface area contributed by atoms with Gasteiger partial charge in [0.2, 0.25) is 0 Å². The number of aliphatic hydroxyl groups is 1. The molecule has 6 heteroatoms. The van der Waals surface area contributed by atoms with Crippen LogP contribution in [0.25, 0.3) is 0 Å². The molecule has 1 unspecified atom stereocenters. The molecular formula is C14H22N4O2. The molecule has 20 heavy (non-hydrogen) atoms. The van der Waals surface area contributed by atoms with Crippen LogP contribution >= 0.6 is 0 Å². The lowest BCUT2D eigenvalue weighted by atomic mass is 9.94. The summed E-state index contributed by atoms with van der Waals surface area (Å²) in [5.41, 5.74) is 3.05. The van der Waals surface area contributed by atoms with Crippen LogP contribution in [0.2, 0.25) is 0 Å². The van der Waals surface area contributed by atoms with Crippen molar-refractivity contribution in [2.75, 3.05) is 18.5 Å². The molecule has 1 atom stereocenters. The lowest BCUT2D eigenvalue weighted by Crippen LogP contribution is -2.48. The fourth-order valence-electron chi connectivity index (χ4n) is 2.54. The highest BCUT2D eigenvalue weighted by Crippen LogP contribution is 2.22. The van der Waals surface area contributed by atoms with E-state index in [1.54, 1.807) is 24.0 Å². The lowest BCUT2D eigenvalue weighted by molar-refractivity contribution is -0.0107. The van der Waals surface area contributed by atoms with Crippen molar-refractivity contribution in [3.8, 4) is 0 Å². The van der Waals surface area contributed by atoms with E-state index in [2.05, 4.69) is 10.4 Å². The minimum Gasteiger partial charge on any atom is -0.388 e. The molecule has 0 bridgehead atoms. The summed E-state index contributed by atoms with van der Waals surface area (Å²) in [4.78, 5) is 18.5. The minimum absolute atomic E-state index is 0.0847. The normalized spacial score (nSPS) is 22.7. The maximum Gasteiger partial charge on any atom is 0.254 e. The first-order chi connectivity index (χ1) is 9.45. The molecule has 1 fully saturated rings. The first-order valence-corrected chi connectivity index (χ1v) is 6.94. The molecule has 0 aliphatic carbocycles. The molecule has 1 amide bonds. The fraction of sp³-hybridized carbons (Fsp3) is 0.571. The van der Waals surface area contributed by atoms with Gasteiger partial charge in [-0.2, -0.15) is 0 Å². The van der Waals surface area contributed by atoms with Crippen LogP contribution in [0.1, 0.15) is 42.7 Å². The van der Waals surface area contributed by atoms with Gasteiger partial charge in [0.1, 0.15) is 5.82 Å². The van der Waals surface area contributed by atoms with Crippen molar-refractivity contribution in [2.24, 2.45) is 5.84 Å². The van der Waals surface area contributed by atoms with E-state index in [1.807, 2.05) is 6.92 Å². The van der Waals surface area contributed by atoms with Crippen LogP contribution in [0.4, 0.5) is 5.82 Å². The standard InChI is InChI=1S/C14H22N4O2/c1-3-11-7-10(8-12(16-11)17-15)13(19)18-6-4-5-14(2,20)9-18/h7-8,20H,3-6,9,15H2,1-2H3,(H,16,17). The molecule has 1 saturated heterocycles. The number of nitrogens with one attached hydrogen (secondary N) is 1. The highest BCUT2D eigenvalue weighted by molar-refractivity contribution is 5.95. The van der Waals surface area contributed by atoms with Crippen LogP contribution in [-0.2, 0) is 6.42 Å². The molecule has 6 nitrogen and oxygen atoms in total. The van der Waals surface area contributed by atoms with E-state index in [0.29, 0.717) is 24.5 Å². The summed E-state index contributed by atoms with van der Waals surface area (Å²) < 4.78 is 0. The molecule has 110 valence electrons. The zero-order valence-corrected chi connectivity index (χ0v) is 12.0. The van der Waals surface area contributed by atoms with Crippen LogP contribution in [0.15, 0.2) is 12.1 Å². The molecule has 0 saturated carbocycles. The Labute approximate surface area is 119 Å². The number of nitrogens with two attached hydrogens (primary N) is 1. The van der Waals surface area contributed by atoms with Gasteiger partial charge in [-0.1, -0.05) is 6.92 Å². The number of hydrogen-bond acceptors (Lipinski definition) is 5. The second-order valence-corrected chi connectivity index (χ2v) is 5.56. The summed E-state index contributed by atoms with van der Waals surface area (Å²) in [5.74, 6) is 5.78. The van der Waals surface area contributed by atoms with E-state index in [-0.39, 0.29) is 5.91 Å². The summed E-state index contributed by atoms with van der Waals surface area (Å²) in [5, 5.41) is 10.1. The van der Waals surface area contributed by atoms with Gasteiger partial charge < -0.3 is 15.4 Å². The average Bonchev–Trinajstić information content (AvgIpc) is 2.44. The van der Waals surface area contributed by atoms with E-state index < -0.39 is 5.60 Å². The fourth-order valence-corrected chi connectivity index (χ4v) is 2.54. The van der Waals surface area contributed by atoms with Gasteiger partial charge in [0.05, 0.1) is 5.60 Å². The summed E-state index contributed by atoms with van der Waals surface area (Å²) in [7, 11) is 0. The number of piperidine rings is 1. The highest BCUT2D eigenvalue weighted by Gasteiger charge is 2.31. The van der Waals surface area contributed by atoms with Crippen molar-refractivity contribution in [1.82, 2.24) is 9.88 Å². The van der Waals surface area contributed by atoms with E-state index in [9.17, 15) is 9.90 Å². The molecule has 1 aliphatic rings. The number of aryl methyl sites for hydroxylation is 1. The molecular weight excluding hydrogens is 256 g/mol. The third kappa shape index (κ3) is 3.26. The zero-order valence-electron chi connectivity index (χ0n) is 12.0. The smallest absolute Gasteiger partial charge is 0.254 e. The molecule has 1 aliphatic heterocycles. The summed E-state index contributed by atoms with van der Waals surface area (Å²) in [6.07, 6.45) is 2.27. The van der Waals surface area contributed by atoms with Crippen LogP contribution in [0.5, 0.6) is 0 Å². The van der Waals surface area contributed by atoms with E-state index in [1.165, 1.54) is 0 Å². The topological polar surface area (TPSA) is 91.5 Å². The molecule has 2 heterocycles. The van der Waals surface area contributed by atoms with Gasteiger partial charge in [0, 0.05) is 24.3 Å². The summed E-state index contributed by atoms with van der Waals surface area (Å²) in [6.45, 7) is 4.77. The number of likely N-dealkylation sites (tertiary alicyclic amines) is 1. The number of carbonyl (C=O) groups excluding carboxylic acids is 1. The Bertz CT molecular complexity index is 480. The summed E-state index contributed by atoms with van der Waals surface area (Å²) >= 11 is 0. The molecule has 0 aromatic carbocycles. The van der Waals surface area contributed by atoms with Gasteiger partial charge in [-0.05, 0) is 38.3 Å². The van der Waals surface area contributed by atoms with Gasteiger partial charge >= 0.3 is 0 Å². The average molecular weight is 278 g/mol. The number of amides is 1. The number of nitrogen functional groups attached to an aromatic ring is 1. The monoisotopic (exact) mass is 278 g/mol. The summed E-state index contributed by atoms with van der Waals surface area (Å²) in [6, 6.07) is 3.43. The number of hydrogen-bond donors (Lipinski definition) is 3. The number of hydrazine groups is 1. The van der Waals surface area contributed by atoms with Crippen molar-refractivity contribution >= 4 is 11.7 Å². The first kappa shape index (κ1) is 14.7. The number of β-amino-alcohol motifs (C(OH)–C–C–N with tert-alkyl or cyclic N) is 1. The zero-order chi connectivity index (χ0) is 14.8. The maximum atomic E-state index is 12.5. The van der Waals surface area contributed by atoms with Crippen molar-refractivity contribution in [3.63, 3.8) is 0 Å². The Morgan fingerprint density at radius 3 is 2.95 bits per heavy atom. The number of carbonyl (C=O) groups is 1. The van der Waals surface area contributed by atoms with Crippen LogP contribution in [0, 0.1) is 0 Å². The maximum absolute atomic E-state index is 12.5. The second kappa shape index (κ2) is 5.76. The molecule has 1 aromatic heterocycles. The lowest BCUT2D eigenvalue weighted by Gasteiger charge is -2.36. The highest BCUT2D eigenvalue weighted by atomic mass is 16.3. The van der Waals surface area contributed by atoms with Crippen LogP contribution in [0.3, 0.4) is 0 Å². The first-order valence-electron chi connectivity index (χ1n) is 6.94. The van der Waals surface area contributed by atoms with E-state index in [4.69, 9.17) is 5.84 Å². The van der Waals surface area contributed by atoms with Gasteiger partial charge in [-0.25, -0.2) is 10.8 Å². The molecule has 0 radical (unpaired) electrons. The van der Waals surface area contributed by atoms with Crippen LogP contribution < -0.4 is 11.3 Å². The molecule has 2 rings (SSSR count). The van der Waals surface area contributed by atoms with Crippen molar-refractivity contribution in [2.45, 2.75) is 38.7 Å². The van der Waals surface area contributed by atoms with E-state index >= 15 is 0 Å². The minimum atomic E-state index is -0.802. The van der Waals surface area contributed by atoms with Gasteiger partial charge in [0.15, 0.2) is 0 Å². The molecule has 0 spiro atoms. The number of pyridine rings is 1. The largest absolute Gasteiger partial charge is 0.388 e. The number of anilines is 1. The van der Waals surface area contributed by atoms with Crippen LogP contribution in [-0.4, -0.2) is 39.6 Å². The van der Waals surface area contributed by atoms with Crippen molar-refractivity contribution < 1.29 is 9.90 Å². The molecule has 1 aromatic rings. The SMILES string of the molecule is CCc1cc(C(=O)N2CCCC(C)(O)C2)cc(NN)n1. The Hall–Kier alpha value is -1.66. The van der Waals surface area contributed by atoms with Crippen molar-refractivity contribution in [1.29, 1.82) is 0 Å². The second-order valence-electron chi connectivity index (χ2n) is 5.56. The predicted octanol–water partition coefficient (Wildman–Crippen LogP) is 0.917. The number of rotatable bonds is 3. The Balaban J connectivity index is 2.24. The van der Waals surface area contributed by atoms with Gasteiger partial charge in [-0.3, -0.25) is 4.79 Å². The molecule has 4 N–H and O–H groups in total. The van der Waals surface area contributed by atoms with Crippen molar-refractivity contribution in [3.05, 3.63) is 23.4 Å². The quantitative estimate of drug-likeness (QED) is 0.565. The Morgan fingerprint density at radius 2 is 2.35 bits per heavy atom. The Kier molecular flexibility index (Phi) is 4.25. The van der Waals surface area contributed by atoms with Gasteiger partial charge in [0.25, 0.3) is 5.91 Å². The third-order valence-electron chi connectivity index (χ3n) is 3.60.